The molecule has 0 aliphatic carbocycles. The maximum Gasteiger partial charge on any atom is 0.337 e. The molecule has 0 atom stereocenters. The first kappa shape index (κ1) is 11.4. The number of nitrogens with zero attached hydrogens (tertiary/aromatic N) is 2. The third kappa shape index (κ3) is 1.82. The highest BCUT2D eigenvalue weighted by molar-refractivity contribution is 5.89. The van der Waals surface area contributed by atoms with Crippen molar-refractivity contribution in [3.8, 4) is 5.69 Å². The van der Waals surface area contributed by atoms with E-state index in [0.717, 1.165) is 22.6 Å². The molecule has 0 saturated carbocycles. The number of aryl methyl sites for hydroxylation is 2. The van der Waals surface area contributed by atoms with Crippen molar-refractivity contribution in [3.05, 3.63) is 47.0 Å². The number of aromatic nitrogens is 2. The van der Waals surface area contributed by atoms with Crippen molar-refractivity contribution in [2.24, 2.45) is 0 Å². The van der Waals surface area contributed by atoms with E-state index in [1.54, 1.807) is 18.5 Å². The number of carboxylic acid groups (broad SMARTS) is 1. The van der Waals surface area contributed by atoms with Gasteiger partial charge in [0.2, 0.25) is 0 Å². The van der Waals surface area contributed by atoms with Crippen LogP contribution in [0.1, 0.15) is 27.3 Å². The van der Waals surface area contributed by atoms with Crippen molar-refractivity contribution in [1.82, 2.24) is 9.55 Å². The number of hydrogen-bond donors (Lipinski definition) is 1. The van der Waals surface area contributed by atoms with Gasteiger partial charge in [-0.25, -0.2) is 4.79 Å². The van der Waals surface area contributed by atoms with Crippen LogP contribution in [-0.4, -0.2) is 20.6 Å². The fraction of sp³-hybridized carbons (Fsp3) is 0.231. The van der Waals surface area contributed by atoms with Crippen LogP contribution in [-0.2, 0) is 0 Å². The second kappa shape index (κ2) is 4.05. The summed E-state index contributed by atoms with van der Waals surface area (Å²) in [5.41, 5.74) is 3.96. The molecule has 0 aliphatic rings. The molecule has 0 saturated heterocycles. The van der Waals surface area contributed by atoms with E-state index >= 15 is 0 Å². The van der Waals surface area contributed by atoms with Crippen LogP contribution in [0.4, 0.5) is 0 Å². The highest BCUT2D eigenvalue weighted by atomic mass is 16.4. The Kier molecular flexibility index (Phi) is 2.71. The molecule has 0 aliphatic heterocycles. The monoisotopic (exact) mass is 230 g/mol. The zero-order valence-corrected chi connectivity index (χ0v) is 10.1. The first-order valence-electron chi connectivity index (χ1n) is 5.35. The zero-order valence-electron chi connectivity index (χ0n) is 10.1. The van der Waals surface area contributed by atoms with E-state index < -0.39 is 5.97 Å². The van der Waals surface area contributed by atoms with E-state index in [-0.39, 0.29) is 0 Å². The van der Waals surface area contributed by atoms with Gasteiger partial charge in [0.05, 0.1) is 17.4 Å². The van der Waals surface area contributed by atoms with Gasteiger partial charge < -0.3 is 9.67 Å². The summed E-state index contributed by atoms with van der Waals surface area (Å²) in [5, 5.41) is 9.09. The Balaban J connectivity index is 2.69. The van der Waals surface area contributed by atoms with Crippen molar-refractivity contribution >= 4 is 5.97 Å². The summed E-state index contributed by atoms with van der Waals surface area (Å²) in [6.45, 7) is 5.69. The van der Waals surface area contributed by atoms with E-state index in [0.29, 0.717) is 5.56 Å². The summed E-state index contributed by atoms with van der Waals surface area (Å²) in [6, 6.07) is 3.60. The number of aromatic carboxylic acids is 1. The number of carboxylic acids is 1. The predicted octanol–water partition coefficient (Wildman–Crippen LogP) is 2.50. The quantitative estimate of drug-likeness (QED) is 0.862. The third-order valence-corrected chi connectivity index (χ3v) is 2.91. The first-order chi connectivity index (χ1) is 8.02. The number of carbonyl (C=O) groups is 1. The fourth-order valence-corrected chi connectivity index (χ4v) is 2.04. The summed E-state index contributed by atoms with van der Waals surface area (Å²) in [5.74, 6) is -0.897. The molecule has 4 heteroatoms. The average Bonchev–Trinajstić information content (AvgIpc) is 2.56. The van der Waals surface area contributed by atoms with Crippen LogP contribution in [0.2, 0.25) is 0 Å². The average molecular weight is 230 g/mol. The van der Waals surface area contributed by atoms with Gasteiger partial charge in [0.15, 0.2) is 0 Å². The second-order valence-electron chi connectivity index (χ2n) is 4.09. The molecule has 4 nitrogen and oxygen atoms in total. The largest absolute Gasteiger partial charge is 0.478 e. The lowest BCUT2D eigenvalue weighted by Gasteiger charge is -2.11. The van der Waals surface area contributed by atoms with Crippen LogP contribution in [0.25, 0.3) is 5.69 Å². The molecule has 88 valence electrons. The number of rotatable bonds is 2. The van der Waals surface area contributed by atoms with E-state index in [2.05, 4.69) is 4.98 Å². The van der Waals surface area contributed by atoms with Gasteiger partial charge >= 0.3 is 5.97 Å². The standard InChI is InChI=1S/C13H14N2O2/c1-8-4-5-14-7-12(8)15-9(2)6-11(10(15)3)13(16)17/h4-7H,1-3H3,(H,16,17). The Morgan fingerprint density at radius 2 is 2.06 bits per heavy atom. The Hall–Kier alpha value is -2.10. The zero-order chi connectivity index (χ0) is 12.6. The lowest BCUT2D eigenvalue weighted by Crippen LogP contribution is -2.04. The van der Waals surface area contributed by atoms with Gasteiger partial charge in [-0.15, -0.1) is 0 Å². The molecule has 2 rings (SSSR count). The van der Waals surface area contributed by atoms with Crippen LogP contribution in [0.3, 0.4) is 0 Å². The van der Waals surface area contributed by atoms with Gasteiger partial charge in [-0.05, 0) is 38.5 Å². The Morgan fingerprint density at radius 3 is 2.59 bits per heavy atom. The first-order valence-corrected chi connectivity index (χ1v) is 5.35. The molecule has 0 fully saturated rings. The lowest BCUT2D eigenvalue weighted by atomic mass is 10.2. The minimum atomic E-state index is -0.897. The number of pyridine rings is 1. The van der Waals surface area contributed by atoms with E-state index in [9.17, 15) is 4.79 Å². The van der Waals surface area contributed by atoms with Crippen molar-refractivity contribution in [2.45, 2.75) is 20.8 Å². The molecule has 0 bridgehead atoms. The van der Waals surface area contributed by atoms with E-state index in [4.69, 9.17) is 5.11 Å². The van der Waals surface area contributed by atoms with Gasteiger partial charge in [0.25, 0.3) is 0 Å². The molecule has 2 heterocycles. The van der Waals surface area contributed by atoms with Crippen LogP contribution in [0.5, 0.6) is 0 Å². The van der Waals surface area contributed by atoms with Crippen LogP contribution < -0.4 is 0 Å². The van der Waals surface area contributed by atoms with Crippen molar-refractivity contribution in [1.29, 1.82) is 0 Å². The molecule has 0 aromatic carbocycles. The highest BCUT2D eigenvalue weighted by Crippen LogP contribution is 2.22. The summed E-state index contributed by atoms with van der Waals surface area (Å²) in [4.78, 5) is 15.2. The van der Waals surface area contributed by atoms with Gasteiger partial charge in [-0.1, -0.05) is 0 Å². The maximum absolute atomic E-state index is 11.1. The summed E-state index contributed by atoms with van der Waals surface area (Å²) < 4.78 is 1.92. The highest BCUT2D eigenvalue weighted by Gasteiger charge is 2.16. The van der Waals surface area contributed by atoms with Crippen LogP contribution in [0.15, 0.2) is 24.5 Å². The maximum atomic E-state index is 11.1. The van der Waals surface area contributed by atoms with E-state index in [1.165, 1.54) is 0 Å². The van der Waals surface area contributed by atoms with Crippen molar-refractivity contribution < 1.29 is 9.90 Å². The second-order valence-corrected chi connectivity index (χ2v) is 4.09. The van der Waals surface area contributed by atoms with E-state index in [1.807, 2.05) is 31.4 Å². The molecular weight excluding hydrogens is 216 g/mol. The molecule has 0 radical (unpaired) electrons. The fourth-order valence-electron chi connectivity index (χ4n) is 2.04. The van der Waals surface area contributed by atoms with Gasteiger partial charge in [0.1, 0.15) is 0 Å². The summed E-state index contributed by atoms with van der Waals surface area (Å²) >= 11 is 0. The Morgan fingerprint density at radius 1 is 1.35 bits per heavy atom. The Bertz CT molecular complexity index is 585. The van der Waals surface area contributed by atoms with Gasteiger partial charge in [0, 0.05) is 17.6 Å². The predicted molar refractivity (Wildman–Crippen MR) is 64.7 cm³/mol. The summed E-state index contributed by atoms with van der Waals surface area (Å²) in [6.07, 6.45) is 3.48. The van der Waals surface area contributed by atoms with Crippen LogP contribution >= 0.6 is 0 Å². The smallest absolute Gasteiger partial charge is 0.337 e. The number of hydrogen-bond acceptors (Lipinski definition) is 2. The molecular formula is C13H14N2O2. The molecule has 0 amide bonds. The molecule has 2 aromatic rings. The molecule has 1 N–H and O–H groups in total. The molecule has 2 aromatic heterocycles. The third-order valence-electron chi connectivity index (χ3n) is 2.91. The topological polar surface area (TPSA) is 55.1 Å². The molecule has 17 heavy (non-hydrogen) atoms. The minimum absolute atomic E-state index is 0.339. The van der Waals surface area contributed by atoms with Gasteiger partial charge in [-0.2, -0.15) is 0 Å². The summed E-state index contributed by atoms with van der Waals surface area (Å²) in [7, 11) is 0. The SMILES string of the molecule is Cc1ccncc1-n1c(C)cc(C(=O)O)c1C. The normalized spacial score (nSPS) is 10.5. The van der Waals surface area contributed by atoms with Crippen molar-refractivity contribution in [2.75, 3.05) is 0 Å². The van der Waals surface area contributed by atoms with Crippen molar-refractivity contribution in [3.63, 3.8) is 0 Å². The molecule has 0 unspecified atom stereocenters. The van der Waals surface area contributed by atoms with Crippen LogP contribution in [0, 0.1) is 20.8 Å². The molecule has 0 spiro atoms. The lowest BCUT2D eigenvalue weighted by molar-refractivity contribution is 0.0696. The van der Waals surface area contributed by atoms with Gasteiger partial charge in [-0.3, -0.25) is 4.98 Å². The minimum Gasteiger partial charge on any atom is -0.478 e. The Labute approximate surface area is 99.5 Å².